The van der Waals surface area contributed by atoms with Gasteiger partial charge in [0, 0.05) is 25.1 Å². The number of likely N-dealkylation sites (tertiary alicyclic amines) is 1. The highest BCUT2D eigenvalue weighted by molar-refractivity contribution is 7.13. The molecule has 0 saturated carbocycles. The molecular weight excluding hydrogens is 410 g/mol. The zero-order chi connectivity index (χ0) is 22.0. The highest BCUT2D eigenvalue weighted by Crippen LogP contribution is 2.27. The molecule has 7 heteroatoms. The van der Waals surface area contributed by atoms with Crippen LogP contribution in [0.5, 0.6) is 0 Å². The second kappa shape index (κ2) is 8.99. The van der Waals surface area contributed by atoms with Crippen LogP contribution in [0.25, 0.3) is 10.4 Å². The monoisotopic (exact) mass is 435 g/mol. The van der Waals surface area contributed by atoms with Crippen LogP contribution >= 0.6 is 11.3 Å². The van der Waals surface area contributed by atoms with E-state index in [1.54, 1.807) is 23.5 Å². The number of amides is 2. The zero-order valence-electron chi connectivity index (χ0n) is 17.5. The van der Waals surface area contributed by atoms with Gasteiger partial charge in [0.05, 0.1) is 22.2 Å². The lowest BCUT2D eigenvalue weighted by atomic mass is 10.1. The summed E-state index contributed by atoms with van der Waals surface area (Å²) >= 11 is 1.60. The molecule has 6 nitrogen and oxygen atoms in total. The van der Waals surface area contributed by atoms with Gasteiger partial charge in [-0.15, -0.1) is 11.3 Å². The number of carbonyl (C=O) groups is 2. The number of rotatable bonds is 5. The van der Waals surface area contributed by atoms with E-state index in [2.05, 4.69) is 10.3 Å². The van der Waals surface area contributed by atoms with Crippen LogP contribution in [0.3, 0.4) is 0 Å². The van der Waals surface area contributed by atoms with Gasteiger partial charge in [0.2, 0.25) is 5.91 Å². The summed E-state index contributed by atoms with van der Waals surface area (Å²) in [6.45, 7) is 4.43. The molecule has 2 amide bonds. The summed E-state index contributed by atoms with van der Waals surface area (Å²) in [5.74, 6) is -0.482. The van der Waals surface area contributed by atoms with Gasteiger partial charge < -0.3 is 15.3 Å². The first-order valence-electron chi connectivity index (χ1n) is 10.2. The minimum absolute atomic E-state index is 0.160. The van der Waals surface area contributed by atoms with Crippen molar-refractivity contribution in [1.82, 2.24) is 15.2 Å². The maximum Gasteiger partial charge on any atom is 0.254 e. The van der Waals surface area contributed by atoms with Crippen molar-refractivity contribution >= 4 is 23.2 Å². The maximum absolute atomic E-state index is 12.9. The van der Waals surface area contributed by atoms with E-state index >= 15 is 0 Å². The van der Waals surface area contributed by atoms with Gasteiger partial charge in [0.25, 0.3) is 5.91 Å². The Morgan fingerprint density at radius 3 is 2.65 bits per heavy atom. The van der Waals surface area contributed by atoms with Crippen molar-refractivity contribution in [2.24, 2.45) is 0 Å². The molecule has 1 fully saturated rings. The fourth-order valence-electron chi connectivity index (χ4n) is 3.89. The van der Waals surface area contributed by atoms with Crippen molar-refractivity contribution < 1.29 is 14.7 Å². The molecule has 160 valence electrons. The Morgan fingerprint density at radius 1 is 1.19 bits per heavy atom. The third-order valence-electron chi connectivity index (χ3n) is 5.54. The predicted molar refractivity (Wildman–Crippen MR) is 121 cm³/mol. The van der Waals surface area contributed by atoms with Crippen LogP contribution in [0, 0.1) is 13.8 Å². The van der Waals surface area contributed by atoms with Crippen LogP contribution < -0.4 is 5.32 Å². The van der Waals surface area contributed by atoms with E-state index in [-0.39, 0.29) is 24.8 Å². The van der Waals surface area contributed by atoms with Crippen molar-refractivity contribution in [3.63, 3.8) is 0 Å². The van der Waals surface area contributed by atoms with Gasteiger partial charge in [-0.25, -0.2) is 4.98 Å². The molecule has 0 aliphatic carbocycles. The first-order valence-corrected chi connectivity index (χ1v) is 11.1. The number of hydrogen-bond acceptors (Lipinski definition) is 5. The van der Waals surface area contributed by atoms with Crippen molar-refractivity contribution in [1.29, 1.82) is 0 Å². The highest BCUT2D eigenvalue weighted by Gasteiger charge is 2.39. The Bertz CT molecular complexity index is 1090. The Labute approximate surface area is 185 Å². The van der Waals surface area contributed by atoms with Gasteiger partial charge in [-0.1, -0.05) is 42.0 Å². The molecule has 31 heavy (non-hydrogen) atoms. The van der Waals surface area contributed by atoms with Gasteiger partial charge in [-0.05, 0) is 37.1 Å². The molecule has 0 spiro atoms. The fraction of sp³-hybridized carbons (Fsp3) is 0.292. The number of nitrogens with one attached hydrogen (secondary N) is 1. The lowest BCUT2D eigenvalue weighted by Gasteiger charge is -2.24. The van der Waals surface area contributed by atoms with Crippen LogP contribution in [0.2, 0.25) is 0 Å². The number of hydrogen-bond donors (Lipinski definition) is 2. The van der Waals surface area contributed by atoms with Gasteiger partial charge in [-0.2, -0.15) is 0 Å². The molecule has 2 atom stereocenters. The Balaban J connectivity index is 1.41. The van der Waals surface area contributed by atoms with E-state index < -0.39 is 12.1 Å². The topological polar surface area (TPSA) is 82.5 Å². The van der Waals surface area contributed by atoms with E-state index in [4.69, 9.17) is 0 Å². The molecule has 2 N–H and O–H groups in total. The number of β-amino-alcohol motifs (C(OH)–C–C–N with tert-alkyl or cyclic N) is 1. The number of benzene rings is 2. The Kier molecular flexibility index (Phi) is 6.15. The van der Waals surface area contributed by atoms with Crippen LogP contribution in [0.15, 0.2) is 54.0 Å². The first kappa shape index (κ1) is 21.2. The average molecular weight is 436 g/mol. The summed E-state index contributed by atoms with van der Waals surface area (Å²) in [6.07, 6.45) is -0.459. The lowest BCUT2D eigenvalue weighted by molar-refractivity contribution is -0.125. The van der Waals surface area contributed by atoms with Gasteiger partial charge in [-0.3, -0.25) is 9.59 Å². The third-order valence-corrected chi connectivity index (χ3v) is 6.51. The molecule has 0 bridgehead atoms. The number of thiazole rings is 1. The lowest BCUT2D eigenvalue weighted by Crippen LogP contribution is -2.45. The SMILES string of the molecule is Cc1cccc(C(=O)N2C[C@H](O)CC2C(=O)NCc2ccc(-c3scnc3C)cc2)c1. The molecule has 2 heterocycles. The summed E-state index contributed by atoms with van der Waals surface area (Å²) in [5.41, 5.74) is 6.41. The molecule has 1 aliphatic heterocycles. The molecule has 0 radical (unpaired) electrons. The predicted octanol–water partition coefficient (Wildman–Crippen LogP) is 3.32. The molecule has 3 aromatic rings. The van der Waals surface area contributed by atoms with Crippen LogP contribution in [0.4, 0.5) is 0 Å². The number of nitrogens with zero attached hydrogens (tertiary/aromatic N) is 2. The number of aliphatic hydroxyl groups is 1. The Hall–Kier alpha value is -3.03. The normalized spacial score (nSPS) is 18.2. The highest BCUT2D eigenvalue weighted by atomic mass is 32.1. The van der Waals surface area contributed by atoms with Gasteiger partial charge in [0.1, 0.15) is 6.04 Å². The van der Waals surface area contributed by atoms with Gasteiger partial charge >= 0.3 is 0 Å². The quantitative estimate of drug-likeness (QED) is 0.644. The molecule has 4 rings (SSSR count). The van der Waals surface area contributed by atoms with Crippen molar-refractivity contribution in [3.8, 4) is 10.4 Å². The molecule has 1 aliphatic rings. The second-order valence-corrected chi connectivity index (χ2v) is 8.77. The minimum Gasteiger partial charge on any atom is -0.391 e. The smallest absolute Gasteiger partial charge is 0.254 e. The number of carbonyl (C=O) groups excluding carboxylic acids is 2. The van der Waals surface area contributed by atoms with Crippen LogP contribution in [-0.2, 0) is 11.3 Å². The largest absolute Gasteiger partial charge is 0.391 e. The number of aliphatic hydroxyl groups excluding tert-OH is 1. The summed E-state index contributed by atoms with van der Waals surface area (Å²) in [7, 11) is 0. The average Bonchev–Trinajstić information content (AvgIpc) is 3.37. The van der Waals surface area contributed by atoms with E-state index in [0.29, 0.717) is 12.1 Å². The van der Waals surface area contributed by atoms with Gasteiger partial charge in [0.15, 0.2) is 0 Å². The second-order valence-electron chi connectivity index (χ2n) is 7.91. The van der Waals surface area contributed by atoms with E-state index in [1.165, 1.54) is 4.90 Å². The molecule has 1 aromatic heterocycles. The number of aryl methyl sites for hydroxylation is 2. The minimum atomic E-state index is -0.702. The summed E-state index contributed by atoms with van der Waals surface area (Å²) in [6, 6.07) is 14.6. The maximum atomic E-state index is 12.9. The molecule has 2 aromatic carbocycles. The van der Waals surface area contributed by atoms with Crippen LogP contribution in [-0.4, -0.2) is 45.5 Å². The fourth-order valence-corrected chi connectivity index (χ4v) is 4.70. The van der Waals surface area contributed by atoms with Crippen molar-refractivity contribution in [3.05, 3.63) is 76.4 Å². The van der Waals surface area contributed by atoms with E-state index in [1.807, 2.05) is 55.8 Å². The molecule has 1 unspecified atom stereocenters. The summed E-state index contributed by atoms with van der Waals surface area (Å²) in [4.78, 5) is 32.7. The summed E-state index contributed by atoms with van der Waals surface area (Å²) in [5, 5.41) is 13.0. The Morgan fingerprint density at radius 2 is 1.97 bits per heavy atom. The van der Waals surface area contributed by atoms with E-state index in [9.17, 15) is 14.7 Å². The van der Waals surface area contributed by atoms with Crippen molar-refractivity contribution in [2.75, 3.05) is 6.54 Å². The molecule has 1 saturated heterocycles. The van der Waals surface area contributed by atoms with Crippen LogP contribution in [0.1, 0.15) is 33.6 Å². The summed E-state index contributed by atoms with van der Waals surface area (Å²) < 4.78 is 0. The zero-order valence-corrected chi connectivity index (χ0v) is 18.4. The number of aromatic nitrogens is 1. The first-order chi connectivity index (χ1) is 14.9. The third kappa shape index (κ3) is 4.68. The standard InChI is InChI=1S/C24H25N3O3S/c1-15-4-3-5-19(10-15)24(30)27-13-20(28)11-21(27)23(29)25-12-17-6-8-18(9-7-17)22-16(2)26-14-31-22/h3-10,14,20-21,28H,11-13H2,1-2H3,(H,25,29)/t20-,21?/m1/s1. The molecular formula is C24H25N3O3S. The van der Waals surface area contributed by atoms with E-state index in [0.717, 1.165) is 27.3 Å². The van der Waals surface area contributed by atoms with Crippen molar-refractivity contribution in [2.45, 2.75) is 39.0 Å².